The summed E-state index contributed by atoms with van der Waals surface area (Å²) in [6.45, 7) is 0. The smallest absolute Gasteiger partial charge is 0.361 e. The van der Waals surface area contributed by atoms with E-state index in [0.29, 0.717) is 22.4 Å². The van der Waals surface area contributed by atoms with Gasteiger partial charge in [-0.1, -0.05) is 17.3 Å². The topological polar surface area (TPSA) is 160 Å². The molecule has 4 rings (SSSR count). The fraction of sp³-hybridized carbons (Fsp3) is 0.350. The molecule has 2 aromatic rings. The molecule has 2 aliphatic rings. The number of rotatable bonds is 4. The Balaban J connectivity index is 1.62. The van der Waals surface area contributed by atoms with Gasteiger partial charge in [-0.3, -0.25) is 4.79 Å². The van der Waals surface area contributed by atoms with Gasteiger partial charge in [-0.25, -0.2) is 4.79 Å². The molecule has 4 atom stereocenters. The third-order valence-electron chi connectivity index (χ3n) is 5.30. The minimum Gasteiger partial charge on any atom is -0.493 e. The van der Waals surface area contributed by atoms with E-state index in [1.165, 1.54) is 32.4 Å². The number of hydrogen-bond acceptors (Lipinski definition) is 10. The number of aliphatic hydroxyl groups excluding tert-OH is 2. The minimum absolute atomic E-state index is 0.311. The van der Waals surface area contributed by atoms with Gasteiger partial charge < -0.3 is 39.4 Å². The van der Waals surface area contributed by atoms with E-state index in [4.69, 9.17) is 19.0 Å². The first-order valence-electron chi connectivity index (χ1n) is 9.28. The maximum atomic E-state index is 12.6. The van der Waals surface area contributed by atoms with E-state index in [9.17, 15) is 24.9 Å². The van der Waals surface area contributed by atoms with Crippen LogP contribution < -0.4 is 19.8 Å². The molecular weight excluding hydrogens is 412 g/mol. The SMILES string of the molecule is COc1ccc2cc(OC(=O)C3=NO[C@@H]4C(O)C=CC(O)[C@]4(O)C3)c(=O)[nH]c2c1OC. The Labute approximate surface area is 175 Å². The summed E-state index contributed by atoms with van der Waals surface area (Å²) < 4.78 is 15.7. The van der Waals surface area contributed by atoms with Crippen LogP contribution in [0, 0.1) is 0 Å². The highest BCUT2D eigenvalue weighted by molar-refractivity contribution is 6.37. The summed E-state index contributed by atoms with van der Waals surface area (Å²) in [5.74, 6) is -0.639. The van der Waals surface area contributed by atoms with Crippen LogP contribution in [0.25, 0.3) is 10.9 Å². The number of fused-ring (bicyclic) bond motifs is 2. The third kappa shape index (κ3) is 3.42. The average molecular weight is 432 g/mol. The zero-order valence-corrected chi connectivity index (χ0v) is 16.6. The number of hydrogen-bond donors (Lipinski definition) is 4. The molecule has 2 unspecified atom stereocenters. The Morgan fingerprint density at radius 1 is 1.23 bits per heavy atom. The molecule has 0 bridgehead atoms. The van der Waals surface area contributed by atoms with E-state index < -0.39 is 41.9 Å². The number of methoxy groups -OCH3 is 2. The van der Waals surface area contributed by atoms with Crippen LogP contribution in [0.1, 0.15) is 6.42 Å². The Hall–Kier alpha value is -3.41. The first-order valence-corrected chi connectivity index (χ1v) is 9.28. The summed E-state index contributed by atoms with van der Waals surface area (Å²) in [4.78, 5) is 32.7. The van der Waals surface area contributed by atoms with Gasteiger partial charge in [0.15, 0.2) is 29.1 Å². The lowest BCUT2D eigenvalue weighted by molar-refractivity contribution is -0.191. The van der Waals surface area contributed by atoms with Crippen LogP contribution in [-0.2, 0) is 9.63 Å². The number of aromatic nitrogens is 1. The molecule has 0 spiro atoms. The Morgan fingerprint density at radius 2 is 2.00 bits per heavy atom. The van der Waals surface area contributed by atoms with Crippen molar-refractivity contribution in [2.24, 2.45) is 5.16 Å². The van der Waals surface area contributed by atoms with Gasteiger partial charge in [0.05, 0.1) is 19.7 Å². The summed E-state index contributed by atoms with van der Waals surface area (Å²) in [6.07, 6.45) is -1.85. The van der Waals surface area contributed by atoms with Crippen LogP contribution in [-0.4, -0.2) is 70.1 Å². The standard InChI is InChI=1S/C20H20N2O9/c1-28-12-5-3-9-7-13(18(25)21-15(9)16(12)29-2)30-19(26)10-8-20(27)14(24)6-4-11(23)17(20)31-22-10/h3-7,11,14,17,23-24,27H,8H2,1-2H3,(H,21,25)/t11?,14?,17-,20-/m1/s1. The van der Waals surface area contributed by atoms with E-state index in [1.807, 2.05) is 0 Å². The number of carbonyl (C=O) groups is 1. The summed E-state index contributed by atoms with van der Waals surface area (Å²) in [5, 5.41) is 34.9. The number of aliphatic hydroxyl groups is 3. The third-order valence-corrected chi connectivity index (χ3v) is 5.30. The van der Waals surface area contributed by atoms with Crippen LogP contribution in [0.3, 0.4) is 0 Å². The predicted octanol–water partition coefficient (Wildman–Crippen LogP) is -0.382. The molecule has 11 nitrogen and oxygen atoms in total. The molecule has 4 N–H and O–H groups in total. The van der Waals surface area contributed by atoms with Gasteiger partial charge in [-0.2, -0.15) is 0 Å². The van der Waals surface area contributed by atoms with Crippen molar-refractivity contribution in [1.82, 2.24) is 4.98 Å². The number of pyridine rings is 1. The van der Waals surface area contributed by atoms with Crippen LogP contribution in [0.5, 0.6) is 17.2 Å². The maximum absolute atomic E-state index is 12.6. The first kappa shape index (κ1) is 20.8. The van der Waals surface area contributed by atoms with Crippen molar-refractivity contribution in [3.05, 3.63) is 40.7 Å². The second-order valence-corrected chi connectivity index (χ2v) is 7.17. The second-order valence-electron chi connectivity index (χ2n) is 7.17. The van der Waals surface area contributed by atoms with Crippen molar-refractivity contribution in [2.75, 3.05) is 14.2 Å². The summed E-state index contributed by atoms with van der Waals surface area (Å²) in [7, 11) is 2.88. The van der Waals surface area contributed by atoms with Crippen molar-refractivity contribution in [3.63, 3.8) is 0 Å². The molecule has 0 saturated heterocycles. The highest BCUT2D eigenvalue weighted by Crippen LogP contribution is 2.35. The molecule has 0 amide bonds. The number of aromatic amines is 1. The molecular formula is C20H20N2O9. The molecule has 1 aliphatic heterocycles. The molecule has 0 saturated carbocycles. The van der Waals surface area contributed by atoms with Crippen molar-refractivity contribution in [1.29, 1.82) is 0 Å². The van der Waals surface area contributed by atoms with Gasteiger partial charge in [-0.05, 0) is 18.2 Å². The van der Waals surface area contributed by atoms with E-state index in [2.05, 4.69) is 10.1 Å². The number of carbonyl (C=O) groups excluding carboxylic acids is 1. The van der Waals surface area contributed by atoms with E-state index in [0.717, 1.165) is 0 Å². The average Bonchev–Trinajstić information content (AvgIpc) is 2.76. The molecule has 1 aromatic carbocycles. The van der Waals surface area contributed by atoms with Crippen molar-refractivity contribution in [2.45, 2.75) is 30.3 Å². The fourth-order valence-electron chi connectivity index (χ4n) is 3.65. The Bertz CT molecular complexity index is 1160. The first-order chi connectivity index (χ1) is 14.8. The van der Waals surface area contributed by atoms with Crippen LogP contribution in [0.15, 0.2) is 40.3 Å². The number of nitrogens with zero attached hydrogens (tertiary/aromatic N) is 1. The zero-order valence-electron chi connectivity index (χ0n) is 16.6. The van der Waals surface area contributed by atoms with Gasteiger partial charge >= 0.3 is 5.97 Å². The molecule has 0 fully saturated rings. The number of nitrogens with one attached hydrogen (secondary N) is 1. The number of H-pyrrole nitrogens is 1. The number of benzene rings is 1. The minimum atomic E-state index is -1.98. The molecule has 0 radical (unpaired) electrons. The molecule has 1 aliphatic carbocycles. The fourth-order valence-corrected chi connectivity index (χ4v) is 3.65. The lowest BCUT2D eigenvalue weighted by atomic mass is 9.78. The summed E-state index contributed by atoms with van der Waals surface area (Å²) >= 11 is 0. The number of oxime groups is 1. The van der Waals surface area contributed by atoms with Gasteiger partial charge in [-0.15, -0.1) is 0 Å². The molecule has 31 heavy (non-hydrogen) atoms. The normalized spacial score (nSPS) is 27.1. The number of esters is 1. The quantitative estimate of drug-likeness (QED) is 0.373. The second kappa shape index (κ2) is 7.69. The lowest BCUT2D eigenvalue weighted by Gasteiger charge is -2.43. The van der Waals surface area contributed by atoms with E-state index in [1.54, 1.807) is 12.1 Å². The van der Waals surface area contributed by atoms with Gasteiger partial charge in [0.25, 0.3) is 5.56 Å². The van der Waals surface area contributed by atoms with E-state index in [-0.39, 0.29) is 11.5 Å². The van der Waals surface area contributed by atoms with Crippen molar-refractivity contribution in [3.8, 4) is 17.2 Å². The van der Waals surface area contributed by atoms with Gasteiger partial charge in [0, 0.05) is 11.8 Å². The molecule has 2 heterocycles. The molecule has 164 valence electrons. The predicted molar refractivity (Wildman–Crippen MR) is 106 cm³/mol. The highest BCUT2D eigenvalue weighted by atomic mass is 16.7. The maximum Gasteiger partial charge on any atom is 0.361 e. The van der Waals surface area contributed by atoms with Crippen LogP contribution >= 0.6 is 0 Å². The molecule has 1 aromatic heterocycles. The van der Waals surface area contributed by atoms with Gasteiger partial charge in [0.1, 0.15) is 17.8 Å². The largest absolute Gasteiger partial charge is 0.493 e. The van der Waals surface area contributed by atoms with Crippen molar-refractivity contribution < 1.29 is 39.2 Å². The monoisotopic (exact) mass is 432 g/mol. The van der Waals surface area contributed by atoms with Crippen molar-refractivity contribution >= 4 is 22.6 Å². The summed E-state index contributed by atoms with van der Waals surface area (Å²) in [5.41, 5.74) is -2.69. The van der Waals surface area contributed by atoms with Gasteiger partial charge in [0.2, 0.25) is 0 Å². The molecule has 11 heteroatoms. The lowest BCUT2D eigenvalue weighted by Crippen LogP contribution is -2.62. The Morgan fingerprint density at radius 3 is 2.71 bits per heavy atom. The Kier molecular flexibility index (Phi) is 5.17. The highest BCUT2D eigenvalue weighted by Gasteiger charge is 2.54. The van der Waals surface area contributed by atoms with E-state index >= 15 is 0 Å². The zero-order chi connectivity index (χ0) is 22.3. The van der Waals surface area contributed by atoms with Crippen LogP contribution in [0.2, 0.25) is 0 Å². The summed E-state index contributed by atoms with van der Waals surface area (Å²) in [6, 6.07) is 4.62. The number of ether oxygens (including phenoxy) is 3. The van der Waals surface area contributed by atoms with Crippen LogP contribution in [0.4, 0.5) is 0 Å².